The summed E-state index contributed by atoms with van der Waals surface area (Å²) >= 11 is 0. The van der Waals surface area contributed by atoms with Gasteiger partial charge in [-0.25, -0.2) is 0 Å². The minimum absolute atomic E-state index is 0.454. The van der Waals surface area contributed by atoms with E-state index in [0.717, 1.165) is 6.54 Å². The summed E-state index contributed by atoms with van der Waals surface area (Å²) in [6.45, 7) is 4.58. The van der Waals surface area contributed by atoms with Crippen LogP contribution in [0.25, 0.3) is 0 Å². The Morgan fingerprint density at radius 2 is 1.94 bits per heavy atom. The van der Waals surface area contributed by atoms with Crippen LogP contribution in [0, 0.1) is 6.92 Å². The number of rotatable bonds is 0. The Labute approximate surface area is 105 Å². The van der Waals surface area contributed by atoms with Crippen molar-refractivity contribution in [3.63, 3.8) is 0 Å². The Morgan fingerprint density at radius 1 is 1.12 bits per heavy atom. The smallest absolute Gasteiger partial charge is 0.00806 e. The van der Waals surface area contributed by atoms with Gasteiger partial charge in [0.2, 0.25) is 0 Å². The van der Waals surface area contributed by atoms with E-state index in [9.17, 15) is 0 Å². The average molecular weight is 229 g/mol. The fourth-order valence-electron chi connectivity index (χ4n) is 3.72. The first-order valence-electron chi connectivity index (χ1n) is 7.11. The van der Waals surface area contributed by atoms with Crippen LogP contribution in [0.2, 0.25) is 0 Å². The van der Waals surface area contributed by atoms with E-state index >= 15 is 0 Å². The Bertz CT molecular complexity index is 402. The second kappa shape index (κ2) is 4.45. The van der Waals surface area contributed by atoms with Gasteiger partial charge in [0.1, 0.15) is 0 Å². The van der Waals surface area contributed by atoms with Crippen molar-refractivity contribution in [2.75, 3.05) is 13.1 Å². The van der Waals surface area contributed by atoms with Crippen LogP contribution in [0.15, 0.2) is 18.2 Å². The molecule has 3 rings (SSSR count). The SMILES string of the molecule is Cc1ccc2c(c1)C1(CCCCC1)CNCC2. The van der Waals surface area contributed by atoms with Crippen molar-refractivity contribution < 1.29 is 0 Å². The predicted octanol–water partition coefficient (Wildman–Crippen LogP) is 3.34. The van der Waals surface area contributed by atoms with E-state index in [0.29, 0.717) is 5.41 Å². The third-order valence-corrected chi connectivity index (χ3v) is 4.68. The van der Waals surface area contributed by atoms with Gasteiger partial charge in [-0.1, -0.05) is 43.0 Å². The minimum atomic E-state index is 0.454. The van der Waals surface area contributed by atoms with Gasteiger partial charge in [-0.05, 0) is 43.9 Å². The molecular formula is C16H23N. The zero-order chi connectivity index (χ0) is 11.7. The van der Waals surface area contributed by atoms with E-state index in [4.69, 9.17) is 0 Å². The summed E-state index contributed by atoms with van der Waals surface area (Å²) in [6, 6.07) is 7.11. The van der Waals surface area contributed by atoms with Gasteiger partial charge in [0.25, 0.3) is 0 Å². The molecule has 0 atom stereocenters. The largest absolute Gasteiger partial charge is 0.316 e. The van der Waals surface area contributed by atoms with E-state index in [1.807, 2.05) is 0 Å². The van der Waals surface area contributed by atoms with E-state index in [1.54, 1.807) is 11.1 Å². The summed E-state index contributed by atoms with van der Waals surface area (Å²) in [5.74, 6) is 0. The Balaban J connectivity index is 2.07. The van der Waals surface area contributed by atoms with Crippen molar-refractivity contribution in [1.29, 1.82) is 0 Å². The second-order valence-corrected chi connectivity index (χ2v) is 5.93. The van der Waals surface area contributed by atoms with Crippen LogP contribution in [0.1, 0.15) is 48.8 Å². The molecule has 1 heterocycles. The van der Waals surface area contributed by atoms with Crippen LogP contribution in [-0.2, 0) is 11.8 Å². The van der Waals surface area contributed by atoms with Crippen LogP contribution >= 0.6 is 0 Å². The molecule has 1 nitrogen and oxygen atoms in total. The normalized spacial score (nSPS) is 23.1. The van der Waals surface area contributed by atoms with Gasteiger partial charge < -0.3 is 5.32 Å². The summed E-state index contributed by atoms with van der Waals surface area (Å²) in [5.41, 5.74) is 5.15. The quantitative estimate of drug-likeness (QED) is 0.719. The predicted molar refractivity (Wildman–Crippen MR) is 72.5 cm³/mol. The lowest BCUT2D eigenvalue weighted by molar-refractivity contribution is 0.286. The monoisotopic (exact) mass is 229 g/mol. The number of nitrogens with one attached hydrogen (secondary N) is 1. The summed E-state index contributed by atoms with van der Waals surface area (Å²) < 4.78 is 0. The fourth-order valence-corrected chi connectivity index (χ4v) is 3.72. The molecule has 0 aromatic heterocycles. The van der Waals surface area contributed by atoms with Crippen LogP contribution in [-0.4, -0.2) is 13.1 Å². The van der Waals surface area contributed by atoms with E-state index in [2.05, 4.69) is 30.4 Å². The first-order chi connectivity index (χ1) is 8.30. The van der Waals surface area contributed by atoms with Crippen molar-refractivity contribution >= 4 is 0 Å². The van der Waals surface area contributed by atoms with E-state index in [-0.39, 0.29) is 0 Å². The molecule has 1 aliphatic carbocycles. The maximum absolute atomic E-state index is 3.67. The molecule has 0 unspecified atom stereocenters. The fraction of sp³-hybridized carbons (Fsp3) is 0.625. The molecule has 17 heavy (non-hydrogen) atoms. The molecule has 1 aromatic rings. The maximum Gasteiger partial charge on any atom is 0.00806 e. The van der Waals surface area contributed by atoms with E-state index < -0.39 is 0 Å². The maximum atomic E-state index is 3.67. The lowest BCUT2D eigenvalue weighted by atomic mass is 9.68. The summed E-state index contributed by atoms with van der Waals surface area (Å²) in [4.78, 5) is 0. The van der Waals surface area contributed by atoms with Gasteiger partial charge in [-0.3, -0.25) is 0 Å². The minimum Gasteiger partial charge on any atom is -0.316 e. The van der Waals surface area contributed by atoms with E-state index in [1.165, 1.54) is 50.6 Å². The molecule has 0 saturated heterocycles. The molecule has 92 valence electrons. The summed E-state index contributed by atoms with van der Waals surface area (Å²) in [6.07, 6.45) is 8.23. The molecule has 2 aliphatic rings. The molecule has 0 bridgehead atoms. The lowest BCUT2D eigenvalue weighted by Gasteiger charge is -2.38. The Kier molecular flexibility index (Phi) is 2.96. The molecule has 1 aromatic carbocycles. The van der Waals surface area contributed by atoms with Crippen molar-refractivity contribution in [2.45, 2.75) is 50.9 Å². The highest BCUT2D eigenvalue weighted by Gasteiger charge is 2.36. The van der Waals surface area contributed by atoms with Crippen LogP contribution < -0.4 is 5.32 Å². The molecule has 1 fully saturated rings. The molecule has 1 heteroatoms. The molecular weight excluding hydrogens is 206 g/mol. The van der Waals surface area contributed by atoms with Gasteiger partial charge >= 0.3 is 0 Å². The van der Waals surface area contributed by atoms with Crippen molar-refractivity contribution in [3.8, 4) is 0 Å². The molecule has 1 aliphatic heterocycles. The van der Waals surface area contributed by atoms with Gasteiger partial charge in [0.05, 0.1) is 0 Å². The number of fused-ring (bicyclic) bond motifs is 2. The highest BCUT2D eigenvalue weighted by atomic mass is 14.9. The van der Waals surface area contributed by atoms with Crippen molar-refractivity contribution in [3.05, 3.63) is 34.9 Å². The zero-order valence-electron chi connectivity index (χ0n) is 10.9. The molecule has 1 saturated carbocycles. The van der Waals surface area contributed by atoms with Gasteiger partial charge in [0, 0.05) is 12.0 Å². The molecule has 1 N–H and O–H groups in total. The first-order valence-corrected chi connectivity index (χ1v) is 7.11. The van der Waals surface area contributed by atoms with Crippen molar-refractivity contribution in [1.82, 2.24) is 5.32 Å². The van der Waals surface area contributed by atoms with Crippen molar-refractivity contribution in [2.24, 2.45) is 0 Å². The molecule has 0 radical (unpaired) electrons. The number of aryl methyl sites for hydroxylation is 1. The second-order valence-electron chi connectivity index (χ2n) is 5.93. The number of hydrogen-bond donors (Lipinski definition) is 1. The number of hydrogen-bond acceptors (Lipinski definition) is 1. The Morgan fingerprint density at radius 3 is 2.76 bits per heavy atom. The third kappa shape index (κ3) is 2.01. The van der Waals surface area contributed by atoms with Crippen LogP contribution in [0.3, 0.4) is 0 Å². The summed E-state index contributed by atoms with van der Waals surface area (Å²) in [7, 11) is 0. The summed E-state index contributed by atoms with van der Waals surface area (Å²) in [5, 5.41) is 3.67. The van der Waals surface area contributed by atoms with Gasteiger partial charge in [-0.2, -0.15) is 0 Å². The highest BCUT2D eigenvalue weighted by Crippen LogP contribution is 2.41. The Hall–Kier alpha value is -0.820. The number of benzene rings is 1. The van der Waals surface area contributed by atoms with Gasteiger partial charge in [0.15, 0.2) is 0 Å². The first kappa shape index (κ1) is 11.3. The molecule has 1 spiro atoms. The standard InChI is InChI=1S/C16H23N/c1-13-5-6-14-7-10-17-12-16(15(14)11-13)8-3-2-4-9-16/h5-6,11,17H,2-4,7-10,12H2,1H3. The average Bonchev–Trinajstić information content (AvgIpc) is 2.52. The third-order valence-electron chi connectivity index (χ3n) is 4.68. The lowest BCUT2D eigenvalue weighted by Crippen LogP contribution is -2.38. The highest BCUT2D eigenvalue weighted by molar-refractivity contribution is 5.39. The van der Waals surface area contributed by atoms with Crippen LogP contribution in [0.5, 0.6) is 0 Å². The zero-order valence-corrected chi connectivity index (χ0v) is 10.9. The topological polar surface area (TPSA) is 12.0 Å². The van der Waals surface area contributed by atoms with Gasteiger partial charge in [-0.15, -0.1) is 0 Å². The molecule has 0 amide bonds. The van der Waals surface area contributed by atoms with Crippen LogP contribution in [0.4, 0.5) is 0 Å².